The molecule has 5 nitrogen and oxygen atoms in total. The van der Waals surface area contributed by atoms with Crippen molar-refractivity contribution >= 4 is 17.7 Å². The van der Waals surface area contributed by atoms with Gasteiger partial charge in [-0.1, -0.05) is 31.4 Å². The normalized spacial score (nSPS) is 17.2. The number of ether oxygens (including phenoxy) is 1. The van der Waals surface area contributed by atoms with Crippen LogP contribution in [-0.4, -0.2) is 30.8 Å². The molecule has 1 N–H and O–H groups in total. The minimum atomic E-state index is -0.569. The summed E-state index contributed by atoms with van der Waals surface area (Å²) in [6.45, 7) is -0.455. The highest BCUT2D eigenvalue weighted by atomic mass is 16.5. The van der Waals surface area contributed by atoms with E-state index in [1.807, 2.05) is 18.2 Å². The lowest BCUT2D eigenvalue weighted by molar-refractivity contribution is -0.143. The molecule has 5 heteroatoms. The smallest absolute Gasteiger partial charge is 0.325 e. The van der Waals surface area contributed by atoms with Crippen molar-refractivity contribution in [1.82, 2.24) is 5.32 Å². The average molecular weight is 357 g/mol. The first-order valence-electron chi connectivity index (χ1n) is 9.72. The highest BCUT2D eigenvalue weighted by Gasteiger charge is 2.21. The van der Waals surface area contributed by atoms with E-state index in [4.69, 9.17) is 4.74 Å². The van der Waals surface area contributed by atoms with Gasteiger partial charge < -0.3 is 10.1 Å². The summed E-state index contributed by atoms with van der Waals surface area (Å²) in [5.74, 6) is -0.845. The molecule has 0 heterocycles. The Balaban J connectivity index is 1.42. The third-order valence-corrected chi connectivity index (χ3v) is 5.42. The first kappa shape index (κ1) is 18.6. The van der Waals surface area contributed by atoms with Crippen LogP contribution < -0.4 is 5.32 Å². The molecule has 0 radical (unpaired) electrons. The Labute approximate surface area is 154 Å². The number of nitrogens with one attached hydrogen (secondary N) is 1. The minimum absolute atomic E-state index is 0.00803. The molecule has 0 unspecified atom stereocenters. The molecule has 3 rings (SSSR count). The summed E-state index contributed by atoms with van der Waals surface area (Å²) in [5.41, 5.74) is 3.13. The zero-order valence-electron chi connectivity index (χ0n) is 15.2. The van der Waals surface area contributed by atoms with Gasteiger partial charge in [-0.2, -0.15) is 0 Å². The standard InChI is InChI=1S/C21H27NO4/c23-19(18-11-10-15-6-4-5-9-17(15)12-18)14-26-20(24)13-22-21(25)16-7-2-1-3-8-16/h10-12,16H,1-9,13-14H2,(H,22,25). The van der Waals surface area contributed by atoms with Crippen molar-refractivity contribution in [1.29, 1.82) is 0 Å². The highest BCUT2D eigenvalue weighted by molar-refractivity contribution is 5.98. The molecule has 0 saturated heterocycles. The maximum atomic E-state index is 12.3. The second-order valence-corrected chi connectivity index (χ2v) is 7.33. The number of fused-ring (bicyclic) bond motifs is 1. The minimum Gasteiger partial charge on any atom is -0.456 e. The highest BCUT2D eigenvalue weighted by Crippen LogP contribution is 2.24. The van der Waals surface area contributed by atoms with Gasteiger partial charge in [-0.25, -0.2) is 0 Å². The van der Waals surface area contributed by atoms with Crippen LogP contribution in [-0.2, 0) is 27.2 Å². The Morgan fingerprint density at radius 3 is 2.46 bits per heavy atom. The molecule has 1 saturated carbocycles. The van der Waals surface area contributed by atoms with Crippen LogP contribution in [0.4, 0.5) is 0 Å². The number of rotatable bonds is 6. The molecule has 1 fully saturated rings. The second kappa shape index (κ2) is 8.97. The van der Waals surface area contributed by atoms with E-state index in [1.165, 1.54) is 24.0 Å². The molecular formula is C21H27NO4. The SMILES string of the molecule is O=C(CNC(=O)C1CCCCC1)OCC(=O)c1ccc2c(c1)CCCC2. The summed E-state index contributed by atoms with van der Waals surface area (Å²) >= 11 is 0. The Bertz CT molecular complexity index is 677. The van der Waals surface area contributed by atoms with Crippen molar-refractivity contribution in [2.24, 2.45) is 5.92 Å². The van der Waals surface area contributed by atoms with E-state index in [-0.39, 0.29) is 30.8 Å². The Morgan fingerprint density at radius 2 is 1.69 bits per heavy atom. The molecule has 26 heavy (non-hydrogen) atoms. The Hall–Kier alpha value is -2.17. The fraction of sp³-hybridized carbons (Fsp3) is 0.571. The quantitative estimate of drug-likeness (QED) is 0.627. The van der Waals surface area contributed by atoms with Gasteiger partial charge in [0.05, 0.1) is 0 Å². The number of ketones is 1. The number of aryl methyl sites for hydroxylation is 2. The van der Waals surface area contributed by atoms with Gasteiger partial charge in [0.1, 0.15) is 6.54 Å². The largest absolute Gasteiger partial charge is 0.456 e. The molecule has 0 atom stereocenters. The van der Waals surface area contributed by atoms with Crippen LogP contribution in [0.1, 0.15) is 66.4 Å². The van der Waals surface area contributed by atoms with Gasteiger partial charge in [0, 0.05) is 11.5 Å². The van der Waals surface area contributed by atoms with Crippen LogP contribution in [0.5, 0.6) is 0 Å². The molecule has 0 spiro atoms. The Morgan fingerprint density at radius 1 is 0.962 bits per heavy atom. The van der Waals surface area contributed by atoms with Crippen molar-refractivity contribution in [2.75, 3.05) is 13.2 Å². The average Bonchev–Trinajstić information content (AvgIpc) is 2.70. The van der Waals surface area contributed by atoms with E-state index in [2.05, 4.69) is 5.32 Å². The molecule has 140 valence electrons. The molecule has 0 aliphatic heterocycles. The number of Topliss-reactive ketones (excluding diaryl/α,β-unsaturated/α-hetero) is 1. The van der Waals surface area contributed by atoms with Gasteiger partial charge in [0.2, 0.25) is 5.91 Å². The van der Waals surface area contributed by atoms with Crippen LogP contribution in [0.15, 0.2) is 18.2 Å². The van der Waals surface area contributed by atoms with Crippen molar-refractivity contribution in [3.8, 4) is 0 Å². The van der Waals surface area contributed by atoms with Crippen molar-refractivity contribution in [3.05, 3.63) is 34.9 Å². The monoisotopic (exact) mass is 357 g/mol. The number of benzene rings is 1. The third-order valence-electron chi connectivity index (χ3n) is 5.42. The van der Waals surface area contributed by atoms with Gasteiger partial charge in [-0.05, 0) is 55.7 Å². The van der Waals surface area contributed by atoms with Crippen molar-refractivity contribution in [2.45, 2.75) is 57.8 Å². The summed E-state index contributed by atoms with van der Waals surface area (Å²) in [6, 6.07) is 5.74. The third kappa shape index (κ3) is 4.93. The van der Waals surface area contributed by atoms with Crippen LogP contribution in [0, 0.1) is 5.92 Å². The van der Waals surface area contributed by atoms with E-state index < -0.39 is 5.97 Å². The fourth-order valence-electron chi connectivity index (χ4n) is 3.86. The van der Waals surface area contributed by atoms with Gasteiger partial charge in [-0.15, -0.1) is 0 Å². The van der Waals surface area contributed by atoms with Gasteiger partial charge in [0.15, 0.2) is 12.4 Å². The van der Waals surface area contributed by atoms with Gasteiger partial charge >= 0.3 is 5.97 Å². The van der Waals surface area contributed by atoms with Gasteiger partial charge in [0.25, 0.3) is 0 Å². The number of amides is 1. The van der Waals surface area contributed by atoms with Crippen molar-refractivity contribution < 1.29 is 19.1 Å². The first-order chi connectivity index (χ1) is 12.6. The molecule has 0 bridgehead atoms. The predicted octanol–water partition coefficient (Wildman–Crippen LogP) is 2.99. The van der Waals surface area contributed by atoms with Crippen LogP contribution in [0.3, 0.4) is 0 Å². The summed E-state index contributed by atoms with van der Waals surface area (Å²) in [4.78, 5) is 36.1. The van der Waals surface area contributed by atoms with E-state index in [0.717, 1.165) is 44.9 Å². The Kier molecular flexibility index (Phi) is 6.42. The lowest BCUT2D eigenvalue weighted by Gasteiger charge is -2.20. The maximum Gasteiger partial charge on any atom is 0.325 e. The van der Waals surface area contributed by atoms with Crippen LogP contribution in [0.2, 0.25) is 0 Å². The molecule has 0 aromatic heterocycles. The van der Waals surface area contributed by atoms with E-state index in [1.54, 1.807) is 0 Å². The number of esters is 1. The molecule has 1 aromatic carbocycles. The predicted molar refractivity (Wildman–Crippen MR) is 98.0 cm³/mol. The van der Waals surface area contributed by atoms with E-state index in [0.29, 0.717) is 5.56 Å². The summed E-state index contributed by atoms with van der Waals surface area (Å²) in [5, 5.41) is 2.63. The number of hydrogen-bond donors (Lipinski definition) is 1. The molecule has 2 aliphatic carbocycles. The summed E-state index contributed by atoms with van der Waals surface area (Å²) < 4.78 is 5.04. The number of carbonyl (C=O) groups excluding carboxylic acids is 3. The van der Waals surface area contributed by atoms with Crippen LogP contribution in [0.25, 0.3) is 0 Å². The molecule has 1 aromatic rings. The lowest BCUT2D eigenvalue weighted by atomic mass is 9.89. The number of hydrogen-bond acceptors (Lipinski definition) is 4. The summed E-state index contributed by atoms with van der Waals surface area (Å²) in [7, 11) is 0. The zero-order chi connectivity index (χ0) is 18.4. The lowest BCUT2D eigenvalue weighted by Crippen LogP contribution is -2.36. The molecule has 1 amide bonds. The maximum absolute atomic E-state index is 12.3. The van der Waals surface area contributed by atoms with Gasteiger partial charge in [-0.3, -0.25) is 14.4 Å². The topological polar surface area (TPSA) is 72.5 Å². The summed E-state index contributed by atoms with van der Waals surface area (Å²) in [6.07, 6.45) is 9.51. The zero-order valence-corrected chi connectivity index (χ0v) is 15.2. The molecule has 2 aliphatic rings. The molecular weight excluding hydrogens is 330 g/mol. The fourth-order valence-corrected chi connectivity index (χ4v) is 3.86. The van der Waals surface area contributed by atoms with E-state index >= 15 is 0 Å². The number of carbonyl (C=O) groups is 3. The second-order valence-electron chi connectivity index (χ2n) is 7.33. The first-order valence-corrected chi connectivity index (χ1v) is 9.72. The van der Waals surface area contributed by atoms with Crippen LogP contribution >= 0.6 is 0 Å². The van der Waals surface area contributed by atoms with Crippen molar-refractivity contribution in [3.63, 3.8) is 0 Å². The van der Waals surface area contributed by atoms with E-state index in [9.17, 15) is 14.4 Å².